The van der Waals surface area contributed by atoms with E-state index < -0.39 is 11.8 Å². The monoisotopic (exact) mass is 264 g/mol. The fourth-order valence-corrected chi connectivity index (χ4v) is 2.53. The first-order chi connectivity index (χ1) is 9.15. The molecule has 1 saturated carbocycles. The molecule has 0 spiro atoms. The molecular formula is C16H24O3. The van der Waals surface area contributed by atoms with Gasteiger partial charge in [0.1, 0.15) is 0 Å². The number of Topliss-reactive ketones (excluding diaryl/α,β-unsaturated/α-hetero) is 1. The number of carboxylic acid groups (broad SMARTS) is 1. The van der Waals surface area contributed by atoms with Gasteiger partial charge in [0.2, 0.25) is 5.78 Å². The standard InChI is InChI=1S/C16H24O3/c1-2-3-4-8-13-10-7-11-14(13)9-5-6-12-15(17)16(18)19/h4-5,8-9,13-14H,2-3,6-7,10-12H2,1H3,(H,18,19)/t13-,14-/m0/s1. The summed E-state index contributed by atoms with van der Waals surface area (Å²) in [5, 5.41) is 8.47. The molecule has 3 heteroatoms. The number of unbranched alkanes of at least 4 members (excludes halogenated alkanes) is 1. The van der Waals surface area contributed by atoms with Crippen molar-refractivity contribution in [3.8, 4) is 0 Å². The maximum absolute atomic E-state index is 10.9. The highest BCUT2D eigenvalue weighted by Crippen LogP contribution is 2.33. The molecule has 0 aromatic carbocycles. The molecule has 0 bridgehead atoms. The Morgan fingerprint density at radius 2 is 1.68 bits per heavy atom. The van der Waals surface area contributed by atoms with E-state index in [-0.39, 0.29) is 6.42 Å². The lowest BCUT2D eigenvalue weighted by Crippen LogP contribution is -2.11. The molecular weight excluding hydrogens is 240 g/mol. The van der Waals surface area contributed by atoms with Gasteiger partial charge in [-0.15, -0.1) is 0 Å². The number of ketones is 1. The average molecular weight is 264 g/mol. The van der Waals surface area contributed by atoms with Crippen molar-refractivity contribution in [2.75, 3.05) is 0 Å². The summed E-state index contributed by atoms with van der Waals surface area (Å²) in [5.74, 6) is -0.837. The summed E-state index contributed by atoms with van der Waals surface area (Å²) in [4.78, 5) is 21.3. The van der Waals surface area contributed by atoms with Crippen LogP contribution in [0.15, 0.2) is 24.3 Å². The number of carbonyl (C=O) groups is 2. The van der Waals surface area contributed by atoms with E-state index in [0.717, 1.165) is 6.42 Å². The summed E-state index contributed by atoms with van der Waals surface area (Å²) in [6.07, 6.45) is 15.4. The van der Waals surface area contributed by atoms with Gasteiger partial charge in [0.15, 0.2) is 0 Å². The summed E-state index contributed by atoms with van der Waals surface area (Å²) in [6, 6.07) is 0. The van der Waals surface area contributed by atoms with Crippen molar-refractivity contribution in [1.82, 2.24) is 0 Å². The smallest absolute Gasteiger partial charge is 0.372 e. The Bertz CT molecular complexity index is 355. The minimum absolute atomic E-state index is 0.106. The number of rotatable bonds is 8. The van der Waals surface area contributed by atoms with Crippen molar-refractivity contribution in [3.05, 3.63) is 24.3 Å². The molecule has 2 atom stereocenters. The molecule has 0 saturated heterocycles. The summed E-state index contributed by atoms with van der Waals surface area (Å²) in [5.41, 5.74) is 0. The van der Waals surface area contributed by atoms with Crippen molar-refractivity contribution >= 4 is 11.8 Å². The first-order valence-corrected chi connectivity index (χ1v) is 7.24. The van der Waals surface area contributed by atoms with E-state index in [9.17, 15) is 9.59 Å². The Balaban J connectivity index is 2.34. The summed E-state index contributed by atoms with van der Waals surface area (Å²) in [7, 11) is 0. The number of carboxylic acids is 1. The summed E-state index contributed by atoms with van der Waals surface area (Å²) in [6.45, 7) is 2.18. The summed E-state index contributed by atoms with van der Waals surface area (Å²) < 4.78 is 0. The van der Waals surface area contributed by atoms with Crippen molar-refractivity contribution in [2.24, 2.45) is 11.8 Å². The molecule has 0 aliphatic heterocycles. The van der Waals surface area contributed by atoms with Crippen molar-refractivity contribution in [1.29, 1.82) is 0 Å². The second kappa shape index (κ2) is 8.68. The molecule has 1 aliphatic carbocycles. The Labute approximate surface area is 115 Å². The highest BCUT2D eigenvalue weighted by Gasteiger charge is 2.22. The molecule has 1 N–H and O–H groups in total. The third-order valence-electron chi connectivity index (χ3n) is 3.62. The topological polar surface area (TPSA) is 54.4 Å². The minimum Gasteiger partial charge on any atom is -0.476 e. The van der Waals surface area contributed by atoms with E-state index >= 15 is 0 Å². The average Bonchev–Trinajstić information content (AvgIpc) is 2.82. The number of allylic oxidation sites excluding steroid dienone is 4. The van der Waals surface area contributed by atoms with Gasteiger partial charge in [0, 0.05) is 6.42 Å². The predicted molar refractivity (Wildman–Crippen MR) is 75.9 cm³/mol. The van der Waals surface area contributed by atoms with Gasteiger partial charge in [0.05, 0.1) is 0 Å². The van der Waals surface area contributed by atoms with E-state index in [0.29, 0.717) is 18.3 Å². The van der Waals surface area contributed by atoms with Crippen LogP contribution in [0.5, 0.6) is 0 Å². The van der Waals surface area contributed by atoms with Crippen molar-refractivity contribution in [2.45, 2.75) is 51.9 Å². The minimum atomic E-state index is -1.32. The molecule has 1 aliphatic rings. The molecule has 0 radical (unpaired) electrons. The highest BCUT2D eigenvalue weighted by molar-refractivity contribution is 6.32. The normalized spacial score (nSPS) is 23.4. The number of hydrogen-bond donors (Lipinski definition) is 1. The molecule has 0 heterocycles. The zero-order valence-electron chi connectivity index (χ0n) is 11.7. The zero-order valence-corrected chi connectivity index (χ0v) is 11.7. The molecule has 3 nitrogen and oxygen atoms in total. The van der Waals surface area contributed by atoms with Crippen molar-refractivity contribution < 1.29 is 14.7 Å². The first-order valence-electron chi connectivity index (χ1n) is 7.24. The van der Waals surface area contributed by atoms with E-state index in [1.165, 1.54) is 25.7 Å². The van der Waals surface area contributed by atoms with Crippen molar-refractivity contribution in [3.63, 3.8) is 0 Å². The first kappa shape index (κ1) is 15.7. The van der Waals surface area contributed by atoms with Crippen LogP contribution in [-0.2, 0) is 9.59 Å². The Morgan fingerprint density at radius 3 is 2.21 bits per heavy atom. The van der Waals surface area contributed by atoms with E-state index in [4.69, 9.17) is 5.11 Å². The van der Waals surface area contributed by atoms with Gasteiger partial charge in [0.25, 0.3) is 0 Å². The van der Waals surface area contributed by atoms with Gasteiger partial charge in [-0.3, -0.25) is 4.79 Å². The number of aliphatic carboxylic acids is 1. The van der Waals surface area contributed by atoms with Crippen LogP contribution in [0.1, 0.15) is 51.9 Å². The largest absolute Gasteiger partial charge is 0.476 e. The second-order valence-electron chi connectivity index (χ2n) is 5.17. The maximum atomic E-state index is 10.9. The molecule has 1 rings (SSSR count). The molecule has 0 aromatic rings. The van der Waals surface area contributed by atoms with Crippen LogP contribution in [0.3, 0.4) is 0 Å². The van der Waals surface area contributed by atoms with Crippen LogP contribution < -0.4 is 0 Å². The fourth-order valence-electron chi connectivity index (χ4n) is 2.53. The number of hydrogen-bond acceptors (Lipinski definition) is 2. The Hall–Kier alpha value is -1.38. The Kier molecular flexibility index (Phi) is 7.16. The fraction of sp³-hybridized carbons (Fsp3) is 0.625. The van der Waals surface area contributed by atoms with Gasteiger partial charge in [-0.1, -0.05) is 44.1 Å². The Morgan fingerprint density at radius 1 is 1.11 bits per heavy atom. The molecule has 106 valence electrons. The predicted octanol–water partition coefficient (Wildman–Crippen LogP) is 3.75. The van der Waals surface area contributed by atoms with Crippen LogP contribution in [0.4, 0.5) is 0 Å². The zero-order chi connectivity index (χ0) is 14.1. The van der Waals surface area contributed by atoms with E-state index in [1.54, 1.807) is 0 Å². The molecule has 0 unspecified atom stereocenters. The van der Waals surface area contributed by atoms with Gasteiger partial charge >= 0.3 is 5.97 Å². The van der Waals surface area contributed by atoms with Gasteiger partial charge in [-0.05, 0) is 37.5 Å². The molecule has 1 fully saturated rings. The van der Waals surface area contributed by atoms with Crippen LogP contribution in [0, 0.1) is 11.8 Å². The lowest BCUT2D eigenvalue weighted by Gasteiger charge is -2.11. The summed E-state index contributed by atoms with van der Waals surface area (Å²) >= 11 is 0. The lowest BCUT2D eigenvalue weighted by molar-refractivity contribution is -0.149. The van der Waals surface area contributed by atoms with Crippen LogP contribution >= 0.6 is 0 Å². The maximum Gasteiger partial charge on any atom is 0.372 e. The second-order valence-corrected chi connectivity index (χ2v) is 5.17. The van der Waals surface area contributed by atoms with Gasteiger partial charge in [-0.2, -0.15) is 0 Å². The van der Waals surface area contributed by atoms with Gasteiger partial charge < -0.3 is 5.11 Å². The van der Waals surface area contributed by atoms with E-state index in [2.05, 4.69) is 25.2 Å². The van der Waals surface area contributed by atoms with Crippen LogP contribution in [-0.4, -0.2) is 16.9 Å². The van der Waals surface area contributed by atoms with Crippen LogP contribution in [0.2, 0.25) is 0 Å². The highest BCUT2D eigenvalue weighted by atomic mass is 16.4. The van der Waals surface area contributed by atoms with E-state index in [1.807, 2.05) is 6.08 Å². The van der Waals surface area contributed by atoms with Crippen LogP contribution in [0.25, 0.3) is 0 Å². The number of carbonyl (C=O) groups excluding carboxylic acids is 1. The third-order valence-corrected chi connectivity index (χ3v) is 3.62. The molecule has 0 amide bonds. The molecule has 19 heavy (non-hydrogen) atoms. The molecule has 0 aromatic heterocycles. The van der Waals surface area contributed by atoms with Gasteiger partial charge in [-0.25, -0.2) is 4.79 Å². The lowest BCUT2D eigenvalue weighted by atomic mass is 9.94. The quantitative estimate of drug-likeness (QED) is 0.536. The SMILES string of the molecule is CCCC=C[C@H]1CCC[C@@H]1C=CCCC(=O)C(=O)O. The third kappa shape index (κ3) is 5.86.